The Morgan fingerprint density at radius 2 is 1.77 bits per heavy atom. The lowest BCUT2D eigenvalue weighted by Crippen LogP contribution is -2.47. The first-order chi connectivity index (χ1) is 15.0. The zero-order chi connectivity index (χ0) is 21.8. The van der Waals surface area contributed by atoms with E-state index in [2.05, 4.69) is 36.2 Å². The Hall–Kier alpha value is -2.04. The minimum absolute atomic E-state index is 0.0125. The molecule has 0 radical (unpaired) electrons. The highest BCUT2D eigenvalue weighted by atomic mass is 35.5. The predicted octanol–water partition coefficient (Wildman–Crippen LogP) is 5.75. The maximum absolute atomic E-state index is 13.2. The summed E-state index contributed by atoms with van der Waals surface area (Å²) in [6.07, 6.45) is 4.46. The van der Waals surface area contributed by atoms with Gasteiger partial charge in [-0.3, -0.25) is 9.69 Å². The molecular weight excluding hydrogens is 408 g/mol. The van der Waals surface area contributed by atoms with Gasteiger partial charge in [0.05, 0.1) is 6.04 Å². The minimum atomic E-state index is -0.204. The van der Waals surface area contributed by atoms with Crippen molar-refractivity contribution in [1.29, 1.82) is 0 Å². The van der Waals surface area contributed by atoms with Crippen LogP contribution < -0.4 is 10.1 Å². The van der Waals surface area contributed by atoms with Crippen LogP contribution in [0.2, 0.25) is 5.02 Å². The van der Waals surface area contributed by atoms with Gasteiger partial charge in [-0.15, -0.1) is 0 Å². The molecule has 1 fully saturated rings. The zero-order valence-corrected chi connectivity index (χ0v) is 19.3. The van der Waals surface area contributed by atoms with Crippen molar-refractivity contribution in [3.05, 3.63) is 64.7 Å². The molecule has 4 nitrogen and oxygen atoms in total. The van der Waals surface area contributed by atoms with E-state index < -0.39 is 0 Å². The monoisotopic (exact) mass is 440 g/mol. The smallest absolute Gasteiger partial charge is 0.223 e. The molecule has 2 aromatic carbocycles. The largest absolute Gasteiger partial charge is 0.487 e. The Labute approximate surface area is 190 Å². The molecule has 0 bridgehead atoms. The van der Waals surface area contributed by atoms with Crippen LogP contribution in [-0.2, 0) is 11.3 Å². The van der Waals surface area contributed by atoms with Gasteiger partial charge in [-0.2, -0.15) is 0 Å². The summed E-state index contributed by atoms with van der Waals surface area (Å²) in [7, 11) is 0. The van der Waals surface area contributed by atoms with Crippen molar-refractivity contribution >= 4 is 17.5 Å². The molecule has 1 N–H and O–H groups in total. The fraction of sp³-hybridized carbons (Fsp3) is 0.500. The number of halogens is 1. The number of benzene rings is 2. The third kappa shape index (κ3) is 4.91. The number of likely N-dealkylation sites (tertiary alicyclic amines) is 1. The molecule has 2 aliphatic heterocycles. The first-order valence-electron chi connectivity index (χ1n) is 11.6. The number of carbonyl (C=O) groups is 1. The van der Waals surface area contributed by atoms with Gasteiger partial charge >= 0.3 is 0 Å². The van der Waals surface area contributed by atoms with Crippen LogP contribution in [-0.4, -0.2) is 29.5 Å². The maximum atomic E-state index is 13.2. The lowest BCUT2D eigenvalue weighted by molar-refractivity contribution is -0.128. The zero-order valence-electron chi connectivity index (χ0n) is 18.6. The number of amides is 1. The lowest BCUT2D eigenvalue weighted by atomic mass is 9.83. The standard InChI is InChI=1S/C26H33ClN2O2/c1-3-26(4-2)17-23(21-10-6-8-12-24(21)31-26)28-25(30)19-13-15-29(16-14-19)18-20-9-5-7-11-22(20)27/h5-12,19,23H,3-4,13-18H2,1-2H3,(H,28,30)/t23-/m0/s1. The molecule has 0 spiro atoms. The van der Waals surface area contributed by atoms with E-state index in [-0.39, 0.29) is 23.5 Å². The van der Waals surface area contributed by atoms with Crippen LogP contribution in [0.1, 0.15) is 63.1 Å². The van der Waals surface area contributed by atoms with Gasteiger partial charge in [0.1, 0.15) is 11.4 Å². The van der Waals surface area contributed by atoms with Crippen LogP contribution >= 0.6 is 11.6 Å². The summed E-state index contributed by atoms with van der Waals surface area (Å²) in [6, 6.07) is 16.2. The van der Waals surface area contributed by atoms with Crippen molar-refractivity contribution in [1.82, 2.24) is 10.2 Å². The predicted molar refractivity (Wildman–Crippen MR) is 125 cm³/mol. The molecule has 2 heterocycles. The molecule has 0 aromatic heterocycles. The summed E-state index contributed by atoms with van der Waals surface area (Å²) in [5.41, 5.74) is 2.05. The first-order valence-corrected chi connectivity index (χ1v) is 12.0. The first kappa shape index (κ1) is 22.2. The average molecular weight is 441 g/mol. The minimum Gasteiger partial charge on any atom is -0.487 e. The summed E-state index contributed by atoms with van der Waals surface area (Å²) in [5.74, 6) is 1.16. The van der Waals surface area contributed by atoms with Gasteiger partial charge in [0.2, 0.25) is 5.91 Å². The molecule has 0 saturated carbocycles. The van der Waals surface area contributed by atoms with Crippen LogP contribution in [0.5, 0.6) is 5.75 Å². The number of hydrogen-bond acceptors (Lipinski definition) is 3. The topological polar surface area (TPSA) is 41.6 Å². The third-order valence-electron chi connectivity index (χ3n) is 7.11. The molecule has 5 heteroatoms. The lowest BCUT2D eigenvalue weighted by Gasteiger charge is -2.42. The Morgan fingerprint density at radius 3 is 2.48 bits per heavy atom. The van der Waals surface area contributed by atoms with E-state index >= 15 is 0 Å². The van der Waals surface area contributed by atoms with Gasteiger partial charge in [-0.25, -0.2) is 0 Å². The molecule has 2 aromatic rings. The summed E-state index contributed by atoms with van der Waals surface area (Å²) < 4.78 is 6.39. The number of hydrogen-bond donors (Lipinski definition) is 1. The van der Waals surface area contributed by atoms with Crippen LogP contribution in [0.15, 0.2) is 48.5 Å². The number of piperidine rings is 1. The van der Waals surface area contributed by atoms with E-state index in [1.165, 1.54) is 0 Å². The molecule has 31 heavy (non-hydrogen) atoms. The van der Waals surface area contributed by atoms with Gasteiger partial charge < -0.3 is 10.1 Å². The van der Waals surface area contributed by atoms with E-state index in [0.717, 1.165) is 73.6 Å². The van der Waals surface area contributed by atoms with Crippen molar-refractivity contribution in [2.24, 2.45) is 5.92 Å². The molecule has 2 aliphatic rings. The van der Waals surface area contributed by atoms with Gasteiger partial charge in [-0.05, 0) is 56.5 Å². The number of carbonyl (C=O) groups excluding carboxylic acids is 1. The summed E-state index contributed by atoms with van der Waals surface area (Å²) >= 11 is 6.32. The molecule has 0 unspecified atom stereocenters. The SMILES string of the molecule is CCC1(CC)C[C@H](NC(=O)C2CCN(Cc3ccccc3Cl)CC2)c2ccccc2O1. The number of fused-ring (bicyclic) bond motifs is 1. The number of ether oxygens (including phenoxy) is 1. The quantitative estimate of drug-likeness (QED) is 0.621. The maximum Gasteiger partial charge on any atom is 0.223 e. The number of para-hydroxylation sites is 1. The average Bonchev–Trinajstić information content (AvgIpc) is 2.81. The molecular formula is C26H33ClN2O2. The second-order valence-corrected chi connectivity index (χ2v) is 9.34. The van der Waals surface area contributed by atoms with Crippen molar-refractivity contribution in [2.75, 3.05) is 13.1 Å². The number of rotatable bonds is 6. The molecule has 4 rings (SSSR count). The normalized spacial score (nSPS) is 21.2. The molecule has 1 amide bonds. The van der Waals surface area contributed by atoms with Gasteiger partial charge in [0.15, 0.2) is 0 Å². The third-order valence-corrected chi connectivity index (χ3v) is 7.48. The van der Waals surface area contributed by atoms with E-state index in [0.29, 0.717) is 0 Å². The Balaban J connectivity index is 1.38. The van der Waals surface area contributed by atoms with Crippen LogP contribution in [0, 0.1) is 5.92 Å². The molecule has 166 valence electrons. The highest BCUT2D eigenvalue weighted by Crippen LogP contribution is 2.42. The van der Waals surface area contributed by atoms with Crippen LogP contribution in [0.3, 0.4) is 0 Å². The van der Waals surface area contributed by atoms with E-state index in [1.807, 2.05) is 36.4 Å². The molecule has 1 saturated heterocycles. The number of nitrogens with one attached hydrogen (secondary N) is 1. The second-order valence-electron chi connectivity index (χ2n) is 8.94. The Morgan fingerprint density at radius 1 is 1.10 bits per heavy atom. The van der Waals surface area contributed by atoms with Gasteiger partial charge in [-0.1, -0.05) is 61.8 Å². The summed E-state index contributed by atoms with van der Waals surface area (Å²) in [4.78, 5) is 15.6. The fourth-order valence-electron chi connectivity index (χ4n) is 4.94. The molecule has 0 aliphatic carbocycles. The Bertz CT molecular complexity index is 904. The van der Waals surface area contributed by atoms with Gasteiger partial charge in [0, 0.05) is 29.5 Å². The van der Waals surface area contributed by atoms with Crippen molar-refractivity contribution in [2.45, 2.75) is 64.1 Å². The fourth-order valence-corrected chi connectivity index (χ4v) is 5.14. The molecule has 1 atom stereocenters. The Kier molecular flexibility index (Phi) is 6.88. The van der Waals surface area contributed by atoms with Crippen molar-refractivity contribution in [3.8, 4) is 5.75 Å². The highest BCUT2D eigenvalue weighted by Gasteiger charge is 2.39. The highest BCUT2D eigenvalue weighted by molar-refractivity contribution is 6.31. The summed E-state index contributed by atoms with van der Waals surface area (Å²) in [6.45, 7) is 7.02. The van der Waals surface area contributed by atoms with Crippen LogP contribution in [0.25, 0.3) is 0 Å². The van der Waals surface area contributed by atoms with E-state index in [4.69, 9.17) is 16.3 Å². The van der Waals surface area contributed by atoms with E-state index in [1.54, 1.807) is 0 Å². The summed E-state index contributed by atoms with van der Waals surface area (Å²) in [5, 5.41) is 4.20. The van der Waals surface area contributed by atoms with E-state index in [9.17, 15) is 4.79 Å². The van der Waals surface area contributed by atoms with Crippen LogP contribution in [0.4, 0.5) is 0 Å². The van der Waals surface area contributed by atoms with Crippen molar-refractivity contribution in [3.63, 3.8) is 0 Å². The van der Waals surface area contributed by atoms with Crippen molar-refractivity contribution < 1.29 is 9.53 Å². The second kappa shape index (κ2) is 9.62. The van der Waals surface area contributed by atoms with Gasteiger partial charge in [0.25, 0.3) is 0 Å². The number of nitrogens with zero attached hydrogens (tertiary/aromatic N) is 1.